The zero-order chi connectivity index (χ0) is 19.5. The Bertz CT molecular complexity index is 977. The second-order valence-corrected chi connectivity index (χ2v) is 7.84. The summed E-state index contributed by atoms with van der Waals surface area (Å²) < 4.78 is 7.33. The lowest BCUT2D eigenvalue weighted by Crippen LogP contribution is -2.39. The van der Waals surface area contributed by atoms with Crippen LogP contribution in [0.15, 0.2) is 60.2 Å². The van der Waals surface area contributed by atoms with E-state index in [0.717, 1.165) is 30.5 Å². The molecule has 0 bridgehead atoms. The first kappa shape index (κ1) is 18.5. The van der Waals surface area contributed by atoms with Gasteiger partial charge in [-0.25, -0.2) is 4.79 Å². The van der Waals surface area contributed by atoms with Crippen LogP contribution in [0.2, 0.25) is 0 Å². The van der Waals surface area contributed by atoms with E-state index in [1.807, 2.05) is 52.7 Å². The van der Waals surface area contributed by atoms with Gasteiger partial charge in [-0.05, 0) is 60.9 Å². The van der Waals surface area contributed by atoms with E-state index in [9.17, 15) is 9.59 Å². The Labute approximate surface area is 168 Å². The molecule has 1 aliphatic rings. The Morgan fingerprint density at radius 1 is 1.18 bits per heavy atom. The third kappa shape index (κ3) is 3.73. The molecule has 0 saturated carbocycles. The second-order valence-electron chi connectivity index (χ2n) is 6.93. The molecule has 4 rings (SSSR count). The van der Waals surface area contributed by atoms with Gasteiger partial charge in [-0.1, -0.05) is 24.3 Å². The van der Waals surface area contributed by atoms with E-state index in [2.05, 4.69) is 17.4 Å². The lowest BCUT2D eigenvalue weighted by atomic mass is 9.87. The predicted octanol–water partition coefficient (Wildman–Crippen LogP) is 4.28. The van der Waals surface area contributed by atoms with Crippen LogP contribution in [0.1, 0.15) is 46.6 Å². The minimum absolute atomic E-state index is 0.0317. The summed E-state index contributed by atoms with van der Waals surface area (Å²) in [7, 11) is 0. The molecular formula is C22H22N2O3S. The molecule has 0 radical (unpaired) electrons. The minimum Gasteiger partial charge on any atom is -0.448 e. The van der Waals surface area contributed by atoms with Crippen LogP contribution >= 0.6 is 11.3 Å². The number of thiophene rings is 1. The Hall–Kier alpha value is -2.86. The maximum absolute atomic E-state index is 12.6. The highest BCUT2D eigenvalue weighted by Gasteiger charge is 2.26. The van der Waals surface area contributed by atoms with Gasteiger partial charge in [0.2, 0.25) is 0 Å². The number of hydrogen-bond acceptors (Lipinski definition) is 4. The number of esters is 1. The van der Waals surface area contributed by atoms with Crippen molar-refractivity contribution in [2.45, 2.75) is 38.3 Å². The van der Waals surface area contributed by atoms with Crippen molar-refractivity contribution in [2.24, 2.45) is 0 Å². The minimum atomic E-state index is -0.860. The number of nitrogens with one attached hydrogen (secondary N) is 1. The van der Waals surface area contributed by atoms with Crippen molar-refractivity contribution in [1.82, 2.24) is 9.88 Å². The lowest BCUT2D eigenvalue weighted by molar-refractivity contribution is -0.130. The smallest absolute Gasteiger partial charge is 0.351 e. The molecule has 3 aromatic rings. The molecule has 144 valence electrons. The van der Waals surface area contributed by atoms with E-state index in [1.165, 1.54) is 16.9 Å². The Balaban J connectivity index is 1.42. The average molecular weight is 394 g/mol. The summed E-state index contributed by atoms with van der Waals surface area (Å²) in [5, 5.41) is 4.89. The molecule has 1 amide bonds. The number of carbonyl (C=O) groups is 2. The number of aromatic nitrogens is 1. The molecule has 5 nitrogen and oxygen atoms in total. The Kier molecular flexibility index (Phi) is 5.30. The van der Waals surface area contributed by atoms with Crippen molar-refractivity contribution in [3.8, 4) is 5.69 Å². The Morgan fingerprint density at radius 3 is 2.79 bits per heavy atom. The van der Waals surface area contributed by atoms with Crippen molar-refractivity contribution in [2.75, 3.05) is 0 Å². The van der Waals surface area contributed by atoms with Crippen molar-refractivity contribution in [3.63, 3.8) is 0 Å². The van der Waals surface area contributed by atoms with Gasteiger partial charge in [0.25, 0.3) is 5.91 Å². The summed E-state index contributed by atoms with van der Waals surface area (Å²) in [6, 6.07) is 13.8. The van der Waals surface area contributed by atoms with Crippen LogP contribution in [0.3, 0.4) is 0 Å². The SMILES string of the molecule is CC(OC(=O)c1sccc1-n1cccc1)C(=O)NC1CCCc2ccccc21. The lowest BCUT2D eigenvalue weighted by Gasteiger charge is -2.27. The van der Waals surface area contributed by atoms with Gasteiger partial charge in [0.05, 0.1) is 11.7 Å². The van der Waals surface area contributed by atoms with Gasteiger partial charge in [0.15, 0.2) is 6.10 Å². The molecule has 1 aromatic carbocycles. The van der Waals surface area contributed by atoms with Crippen LogP contribution in [0, 0.1) is 0 Å². The molecule has 6 heteroatoms. The monoisotopic (exact) mass is 394 g/mol. The molecule has 1 N–H and O–H groups in total. The molecule has 2 aromatic heterocycles. The first-order chi connectivity index (χ1) is 13.6. The Morgan fingerprint density at radius 2 is 1.96 bits per heavy atom. The standard InChI is InChI=1S/C22H22N2O3S/c1-15(21(25)23-18-10-6-8-16-7-2-3-9-17(16)18)27-22(26)20-19(11-14-28-20)24-12-4-5-13-24/h2-5,7,9,11-15,18H,6,8,10H2,1H3,(H,23,25). The van der Waals surface area contributed by atoms with Crippen molar-refractivity contribution >= 4 is 23.2 Å². The van der Waals surface area contributed by atoms with Crippen molar-refractivity contribution in [3.05, 3.63) is 76.2 Å². The van der Waals surface area contributed by atoms with E-state index in [0.29, 0.717) is 4.88 Å². The molecule has 0 spiro atoms. The molecule has 1 aliphatic carbocycles. The molecular weight excluding hydrogens is 372 g/mol. The molecule has 2 heterocycles. The highest BCUT2D eigenvalue weighted by Crippen LogP contribution is 2.29. The summed E-state index contributed by atoms with van der Waals surface area (Å²) in [6.07, 6.45) is 5.84. The third-order valence-corrected chi connectivity index (χ3v) is 5.94. The second kappa shape index (κ2) is 8.02. The fourth-order valence-corrected chi connectivity index (χ4v) is 4.39. The third-order valence-electron chi connectivity index (χ3n) is 5.05. The van der Waals surface area contributed by atoms with Gasteiger partial charge in [0.1, 0.15) is 4.88 Å². The van der Waals surface area contributed by atoms with Gasteiger partial charge in [0, 0.05) is 12.4 Å². The molecule has 0 aliphatic heterocycles. The molecule has 2 unspecified atom stereocenters. The van der Waals surface area contributed by atoms with E-state index < -0.39 is 12.1 Å². The summed E-state index contributed by atoms with van der Waals surface area (Å²) in [5.41, 5.74) is 3.20. The van der Waals surface area contributed by atoms with Gasteiger partial charge in [-0.15, -0.1) is 11.3 Å². The average Bonchev–Trinajstić information content (AvgIpc) is 3.39. The fourth-order valence-electron chi connectivity index (χ4n) is 3.61. The zero-order valence-electron chi connectivity index (χ0n) is 15.6. The van der Waals surface area contributed by atoms with Crippen LogP contribution in [0.25, 0.3) is 5.69 Å². The number of rotatable bonds is 5. The zero-order valence-corrected chi connectivity index (χ0v) is 16.4. The number of ether oxygens (including phenoxy) is 1. The molecule has 0 fully saturated rings. The number of amides is 1. The number of fused-ring (bicyclic) bond motifs is 1. The number of hydrogen-bond donors (Lipinski definition) is 1. The molecule has 0 saturated heterocycles. The maximum atomic E-state index is 12.6. The maximum Gasteiger partial charge on any atom is 0.351 e. The number of benzene rings is 1. The van der Waals surface area contributed by atoms with Crippen molar-refractivity contribution in [1.29, 1.82) is 0 Å². The number of aryl methyl sites for hydroxylation is 1. The molecule has 2 atom stereocenters. The van der Waals surface area contributed by atoms with E-state index in [1.54, 1.807) is 6.92 Å². The highest BCUT2D eigenvalue weighted by atomic mass is 32.1. The largest absolute Gasteiger partial charge is 0.448 e. The van der Waals surface area contributed by atoms with E-state index in [-0.39, 0.29) is 11.9 Å². The van der Waals surface area contributed by atoms with Crippen molar-refractivity contribution < 1.29 is 14.3 Å². The van der Waals surface area contributed by atoms with Gasteiger partial charge in [-0.3, -0.25) is 4.79 Å². The van der Waals surface area contributed by atoms with Crippen LogP contribution in [-0.4, -0.2) is 22.5 Å². The van der Waals surface area contributed by atoms with E-state index >= 15 is 0 Å². The quantitative estimate of drug-likeness (QED) is 0.657. The summed E-state index contributed by atoms with van der Waals surface area (Å²) >= 11 is 1.31. The van der Waals surface area contributed by atoms with Gasteiger partial charge >= 0.3 is 5.97 Å². The first-order valence-electron chi connectivity index (χ1n) is 9.43. The highest BCUT2D eigenvalue weighted by molar-refractivity contribution is 7.12. The predicted molar refractivity (Wildman–Crippen MR) is 109 cm³/mol. The summed E-state index contributed by atoms with van der Waals surface area (Å²) in [4.78, 5) is 25.8. The van der Waals surface area contributed by atoms with Crippen LogP contribution < -0.4 is 5.32 Å². The normalized spacial score (nSPS) is 16.8. The fraction of sp³-hybridized carbons (Fsp3) is 0.273. The van der Waals surface area contributed by atoms with Gasteiger partial charge in [-0.2, -0.15) is 0 Å². The van der Waals surface area contributed by atoms with E-state index in [4.69, 9.17) is 4.74 Å². The summed E-state index contributed by atoms with van der Waals surface area (Å²) in [5.74, 6) is -0.750. The van der Waals surface area contributed by atoms with Crippen LogP contribution in [0.4, 0.5) is 0 Å². The van der Waals surface area contributed by atoms with Crippen LogP contribution in [-0.2, 0) is 16.0 Å². The first-order valence-corrected chi connectivity index (χ1v) is 10.3. The number of nitrogens with zero attached hydrogens (tertiary/aromatic N) is 1. The van der Waals surface area contributed by atoms with Gasteiger partial charge < -0.3 is 14.6 Å². The topological polar surface area (TPSA) is 60.3 Å². The summed E-state index contributed by atoms with van der Waals surface area (Å²) in [6.45, 7) is 1.62. The van der Waals surface area contributed by atoms with Crippen LogP contribution in [0.5, 0.6) is 0 Å². The number of carbonyl (C=O) groups excluding carboxylic acids is 2. The molecule has 28 heavy (non-hydrogen) atoms.